The Morgan fingerprint density at radius 3 is 2.71 bits per heavy atom. The normalized spacial score (nSPS) is 16.9. The molecule has 1 saturated heterocycles. The molecule has 1 aromatic rings. The highest BCUT2D eigenvalue weighted by atomic mass is 16.3. The van der Waals surface area contributed by atoms with Gasteiger partial charge in [0.2, 0.25) is 0 Å². The predicted octanol–water partition coefficient (Wildman–Crippen LogP) is -0.278. The molecule has 0 aliphatic carbocycles. The maximum atomic E-state index is 10.8. The maximum absolute atomic E-state index is 10.8. The second kappa shape index (κ2) is 3.09. The van der Waals surface area contributed by atoms with Crippen LogP contribution in [0.3, 0.4) is 0 Å². The number of aldehydes is 1. The van der Waals surface area contributed by atoms with E-state index in [0.717, 1.165) is 17.8 Å². The average molecular weight is 195 g/mol. The lowest BCUT2D eigenvalue weighted by molar-refractivity contribution is 0.111. The van der Waals surface area contributed by atoms with Gasteiger partial charge in [-0.25, -0.2) is 0 Å². The van der Waals surface area contributed by atoms with Crippen molar-refractivity contribution in [2.24, 2.45) is 7.05 Å². The topological polar surface area (TPSA) is 58.4 Å². The minimum absolute atomic E-state index is 0.273. The van der Waals surface area contributed by atoms with E-state index in [9.17, 15) is 9.90 Å². The lowest BCUT2D eigenvalue weighted by atomic mass is 10.1. The molecule has 1 aliphatic heterocycles. The number of carbonyl (C=O) groups is 1. The fourth-order valence-corrected chi connectivity index (χ4v) is 1.80. The number of β-amino-alcohol motifs (C(OH)–C–C–N with tert-alkyl or cyclic N) is 1. The summed E-state index contributed by atoms with van der Waals surface area (Å²) in [6.07, 6.45) is 0.548. The fraction of sp³-hybridized carbons (Fsp3) is 0.556. The van der Waals surface area contributed by atoms with E-state index in [1.54, 1.807) is 11.7 Å². The SMILES string of the molecule is Cc1nn(C)c(N2CC(O)C2)c1C=O. The van der Waals surface area contributed by atoms with Gasteiger partial charge in [0.25, 0.3) is 0 Å². The van der Waals surface area contributed by atoms with E-state index in [-0.39, 0.29) is 6.10 Å². The summed E-state index contributed by atoms with van der Waals surface area (Å²) >= 11 is 0. The molecular formula is C9H13N3O2. The first kappa shape index (κ1) is 9.21. The molecule has 1 N–H and O–H groups in total. The number of carbonyl (C=O) groups excluding carboxylic acids is 1. The largest absolute Gasteiger partial charge is 0.389 e. The summed E-state index contributed by atoms with van der Waals surface area (Å²) in [4.78, 5) is 12.8. The van der Waals surface area contributed by atoms with Crippen molar-refractivity contribution in [3.05, 3.63) is 11.3 Å². The van der Waals surface area contributed by atoms with Crippen molar-refractivity contribution >= 4 is 12.1 Å². The van der Waals surface area contributed by atoms with Crippen molar-refractivity contribution in [1.82, 2.24) is 9.78 Å². The Kier molecular flexibility index (Phi) is 2.03. The van der Waals surface area contributed by atoms with E-state index >= 15 is 0 Å². The zero-order valence-electron chi connectivity index (χ0n) is 8.27. The molecule has 0 spiro atoms. The summed E-state index contributed by atoms with van der Waals surface area (Å²) in [5.41, 5.74) is 1.36. The molecule has 5 nitrogen and oxygen atoms in total. The molecule has 5 heteroatoms. The fourth-order valence-electron chi connectivity index (χ4n) is 1.80. The Hall–Kier alpha value is -1.36. The Balaban J connectivity index is 2.36. The molecule has 0 bridgehead atoms. The van der Waals surface area contributed by atoms with Crippen molar-refractivity contribution in [3.8, 4) is 0 Å². The number of aliphatic hydroxyl groups excluding tert-OH is 1. The van der Waals surface area contributed by atoms with Crippen LogP contribution >= 0.6 is 0 Å². The first-order chi connectivity index (χ1) is 6.63. The van der Waals surface area contributed by atoms with E-state index in [4.69, 9.17) is 0 Å². The van der Waals surface area contributed by atoms with Crippen LogP contribution in [0.2, 0.25) is 0 Å². The highest BCUT2D eigenvalue weighted by Crippen LogP contribution is 2.25. The minimum Gasteiger partial charge on any atom is -0.389 e. The molecule has 1 fully saturated rings. The van der Waals surface area contributed by atoms with Crippen LogP contribution < -0.4 is 4.90 Å². The summed E-state index contributed by atoms with van der Waals surface area (Å²) in [5, 5.41) is 13.4. The van der Waals surface area contributed by atoms with Gasteiger partial charge in [0, 0.05) is 20.1 Å². The second-order valence-electron chi connectivity index (χ2n) is 3.62. The van der Waals surface area contributed by atoms with Gasteiger partial charge in [-0.1, -0.05) is 0 Å². The zero-order valence-corrected chi connectivity index (χ0v) is 8.27. The molecular weight excluding hydrogens is 182 g/mol. The highest BCUT2D eigenvalue weighted by Gasteiger charge is 2.29. The molecule has 1 aromatic heterocycles. The Labute approximate surface area is 81.9 Å². The minimum atomic E-state index is -0.273. The van der Waals surface area contributed by atoms with Crippen molar-refractivity contribution in [2.45, 2.75) is 13.0 Å². The molecule has 0 radical (unpaired) electrons. The smallest absolute Gasteiger partial charge is 0.155 e. The average Bonchev–Trinajstić information content (AvgIpc) is 2.35. The molecule has 0 saturated carbocycles. The number of anilines is 1. The zero-order chi connectivity index (χ0) is 10.3. The van der Waals surface area contributed by atoms with Crippen molar-refractivity contribution < 1.29 is 9.90 Å². The summed E-state index contributed by atoms with van der Waals surface area (Å²) < 4.78 is 1.69. The van der Waals surface area contributed by atoms with Crippen LogP contribution in [0.15, 0.2) is 0 Å². The molecule has 76 valence electrons. The van der Waals surface area contributed by atoms with Gasteiger partial charge in [-0.05, 0) is 6.92 Å². The Morgan fingerprint density at radius 1 is 1.57 bits per heavy atom. The van der Waals surface area contributed by atoms with Gasteiger partial charge in [-0.15, -0.1) is 0 Å². The van der Waals surface area contributed by atoms with Crippen molar-refractivity contribution in [1.29, 1.82) is 0 Å². The summed E-state index contributed by atoms with van der Waals surface area (Å²) in [6, 6.07) is 0. The number of hydrogen-bond donors (Lipinski definition) is 1. The molecule has 0 aromatic carbocycles. The number of aliphatic hydroxyl groups is 1. The molecule has 0 unspecified atom stereocenters. The van der Waals surface area contributed by atoms with Gasteiger partial charge in [-0.3, -0.25) is 9.48 Å². The van der Waals surface area contributed by atoms with Crippen LogP contribution in [0.25, 0.3) is 0 Å². The lowest BCUT2D eigenvalue weighted by Gasteiger charge is -2.37. The second-order valence-corrected chi connectivity index (χ2v) is 3.62. The Bertz CT molecular complexity index is 366. The summed E-state index contributed by atoms with van der Waals surface area (Å²) in [7, 11) is 1.81. The lowest BCUT2D eigenvalue weighted by Crippen LogP contribution is -2.51. The summed E-state index contributed by atoms with van der Waals surface area (Å²) in [6.45, 7) is 2.98. The maximum Gasteiger partial charge on any atom is 0.155 e. The van der Waals surface area contributed by atoms with E-state index in [1.807, 2.05) is 11.8 Å². The third kappa shape index (κ3) is 1.21. The number of hydrogen-bond acceptors (Lipinski definition) is 4. The van der Waals surface area contributed by atoms with Crippen LogP contribution in [0.4, 0.5) is 5.82 Å². The predicted molar refractivity (Wildman–Crippen MR) is 51.6 cm³/mol. The van der Waals surface area contributed by atoms with Crippen LogP contribution in [-0.4, -0.2) is 40.4 Å². The first-order valence-corrected chi connectivity index (χ1v) is 4.55. The quantitative estimate of drug-likeness (QED) is 0.659. The molecule has 0 amide bonds. The molecule has 1 aliphatic rings. The van der Waals surface area contributed by atoms with E-state index in [2.05, 4.69) is 5.10 Å². The molecule has 2 rings (SSSR count). The van der Waals surface area contributed by atoms with Crippen LogP contribution in [-0.2, 0) is 7.05 Å². The van der Waals surface area contributed by atoms with E-state index < -0.39 is 0 Å². The summed E-state index contributed by atoms with van der Waals surface area (Å²) in [5.74, 6) is 0.808. The third-order valence-electron chi connectivity index (χ3n) is 2.52. The molecule has 14 heavy (non-hydrogen) atoms. The van der Waals surface area contributed by atoms with Gasteiger partial charge in [0.1, 0.15) is 5.82 Å². The van der Waals surface area contributed by atoms with Crippen molar-refractivity contribution in [3.63, 3.8) is 0 Å². The van der Waals surface area contributed by atoms with Gasteiger partial charge in [0.05, 0.1) is 17.4 Å². The van der Waals surface area contributed by atoms with E-state index in [0.29, 0.717) is 18.7 Å². The highest BCUT2D eigenvalue weighted by molar-refractivity contribution is 5.85. The van der Waals surface area contributed by atoms with Crippen LogP contribution in [0, 0.1) is 6.92 Å². The van der Waals surface area contributed by atoms with Crippen molar-refractivity contribution in [2.75, 3.05) is 18.0 Å². The van der Waals surface area contributed by atoms with Gasteiger partial charge in [0.15, 0.2) is 6.29 Å². The Morgan fingerprint density at radius 2 is 2.21 bits per heavy atom. The standard InChI is InChI=1S/C9H13N3O2/c1-6-8(5-13)9(11(2)10-6)12-3-7(14)4-12/h5,7,14H,3-4H2,1-2H3. The first-order valence-electron chi connectivity index (χ1n) is 4.55. The van der Waals surface area contributed by atoms with Gasteiger partial charge in [-0.2, -0.15) is 5.10 Å². The van der Waals surface area contributed by atoms with Crippen LogP contribution in [0.1, 0.15) is 16.1 Å². The van der Waals surface area contributed by atoms with Crippen LogP contribution in [0.5, 0.6) is 0 Å². The van der Waals surface area contributed by atoms with E-state index in [1.165, 1.54) is 0 Å². The number of nitrogens with zero attached hydrogens (tertiary/aromatic N) is 3. The molecule has 2 heterocycles. The van der Waals surface area contributed by atoms with Gasteiger partial charge < -0.3 is 10.0 Å². The number of aryl methyl sites for hydroxylation is 2. The monoisotopic (exact) mass is 195 g/mol. The number of rotatable bonds is 2. The number of aromatic nitrogens is 2. The third-order valence-corrected chi connectivity index (χ3v) is 2.52. The molecule has 0 atom stereocenters. The van der Waals surface area contributed by atoms with Gasteiger partial charge >= 0.3 is 0 Å².